The first-order chi connectivity index (χ1) is 15.6. The van der Waals surface area contributed by atoms with Crippen molar-refractivity contribution in [3.05, 3.63) is 10.6 Å². The van der Waals surface area contributed by atoms with Gasteiger partial charge in [-0.1, -0.05) is 53.9 Å². The molecule has 2 fully saturated rings. The third-order valence-electron chi connectivity index (χ3n) is 10.7. The van der Waals surface area contributed by atoms with E-state index in [9.17, 15) is 5.11 Å². The van der Waals surface area contributed by atoms with E-state index in [4.69, 9.17) is 11.5 Å². The Morgan fingerprint density at radius 3 is 2.48 bits per heavy atom. The van der Waals surface area contributed by atoms with E-state index in [1.807, 2.05) is 0 Å². The Balaban J connectivity index is 1.54. The third-order valence-corrected chi connectivity index (χ3v) is 11.6. The molecule has 33 heavy (non-hydrogen) atoms. The number of aromatic nitrogens is 1. The number of rotatable bonds is 8. The molecule has 5 N–H and O–H groups in total. The van der Waals surface area contributed by atoms with Gasteiger partial charge in [0.1, 0.15) is 0 Å². The summed E-state index contributed by atoms with van der Waals surface area (Å²) < 4.78 is 0. The Labute approximate surface area is 206 Å². The zero-order chi connectivity index (χ0) is 24.0. The number of thiazole rings is 1. The van der Waals surface area contributed by atoms with Crippen LogP contribution in [0.15, 0.2) is 0 Å². The van der Waals surface area contributed by atoms with Crippen molar-refractivity contribution in [2.45, 2.75) is 92.4 Å². The minimum atomic E-state index is 0.0764. The second-order valence-corrected chi connectivity index (χ2v) is 13.9. The normalized spacial score (nSPS) is 39.5. The maximum Gasteiger partial charge on any atom is 0.180 e. The van der Waals surface area contributed by atoms with Crippen LogP contribution in [-0.2, 0) is 12.8 Å². The van der Waals surface area contributed by atoms with Gasteiger partial charge in [0.2, 0.25) is 0 Å². The van der Waals surface area contributed by atoms with Crippen LogP contribution >= 0.6 is 11.3 Å². The van der Waals surface area contributed by atoms with Crippen molar-refractivity contribution in [3.63, 3.8) is 0 Å². The molecular weight excluding hydrogens is 426 g/mol. The predicted molar refractivity (Wildman–Crippen MR) is 140 cm³/mol. The molecule has 3 aliphatic carbocycles. The Morgan fingerprint density at radius 2 is 1.82 bits per heavy atom. The van der Waals surface area contributed by atoms with Gasteiger partial charge in [-0.15, -0.1) is 11.3 Å². The number of aliphatic hydroxyl groups is 1. The molecule has 0 amide bonds. The quantitative estimate of drug-likeness (QED) is 0.436. The van der Waals surface area contributed by atoms with Crippen LogP contribution in [0.1, 0.15) is 90.1 Å². The van der Waals surface area contributed by atoms with Crippen molar-refractivity contribution in [1.29, 1.82) is 0 Å². The average Bonchev–Trinajstić information content (AvgIpc) is 3.29. The van der Waals surface area contributed by atoms with E-state index in [-0.39, 0.29) is 17.9 Å². The highest BCUT2D eigenvalue weighted by molar-refractivity contribution is 7.15. The fourth-order valence-corrected chi connectivity index (χ4v) is 9.86. The van der Waals surface area contributed by atoms with Crippen LogP contribution in [0.5, 0.6) is 0 Å². The highest BCUT2D eigenvalue weighted by atomic mass is 32.1. The molecule has 0 saturated heterocycles. The maximum atomic E-state index is 10.4. The van der Waals surface area contributed by atoms with Gasteiger partial charge in [0, 0.05) is 11.5 Å². The van der Waals surface area contributed by atoms with Gasteiger partial charge < -0.3 is 16.6 Å². The number of anilines is 1. The molecule has 0 bridgehead atoms. The Bertz CT molecular complexity index is 809. The smallest absolute Gasteiger partial charge is 0.180 e. The highest BCUT2D eigenvalue weighted by Gasteiger charge is 2.58. The molecule has 8 atom stereocenters. The monoisotopic (exact) mass is 475 g/mol. The van der Waals surface area contributed by atoms with E-state index in [1.54, 1.807) is 11.3 Å². The van der Waals surface area contributed by atoms with Crippen LogP contribution in [0.4, 0.5) is 5.13 Å². The van der Waals surface area contributed by atoms with Crippen molar-refractivity contribution < 1.29 is 5.11 Å². The SMILES string of the molecule is CC(C)CCC[C@@H](C)[C@H]1CC[C@H]2[C@H](CN)[C@@H]([C@@]3(C)Cc4sc(N)nc4C[C@@H]3CO)CC[C@]12C. The van der Waals surface area contributed by atoms with Crippen molar-refractivity contribution in [2.24, 2.45) is 58.0 Å². The molecule has 0 aromatic carbocycles. The molecule has 188 valence electrons. The maximum absolute atomic E-state index is 10.4. The topological polar surface area (TPSA) is 85.2 Å². The Morgan fingerprint density at radius 1 is 1.09 bits per heavy atom. The molecular formula is C28H49N3OS. The van der Waals surface area contributed by atoms with Crippen LogP contribution in [0.3, 0.4) is 0 Å². The lowest BCUT2D eigenvalue weighted by molar-refractivity contribution is -0.0757. The summed E-state index contributed by atoms with van der Waals surface area (Å²) in [4.78, 5) is 5.94. The summed E-state index contributed by atoms with van der Waals surface area (Å²) in [6, 6.07) is 0. The lowest BCUT2D eigenvalue weighted by Gasteiger charge is -2.57. The lowest BCUT2D eigenvalue weighted by atomic mass is 9.48. The Hall–Kier alpha value is -0.650. The molecule has 3 aliphatic rings. The molecule has 4 rings (SSSR count). The van der Waals surface area contributed by atoms with Crippen LogP contribution in [0.25, 0.3) is 0 Å². The molecule has 1 aromatic rings. The van der Waals surface area contributed by atoms with Gasteiger partial charge in [-0.2, -0.15) is 0 Å². The van der Waals surface area contributed by atoms with Crippen LogP contribution in [0, 0.1) is 52.3 Å². The van der Waals surface area contributed by atoms with Crippen LogP contribution in [0.2, 0.25) is 0 Å². The zero-order valence-electron chi connectivity index (χ0n) is 21.8. The second kappa shape index (κ2) is 9.78. The molecule has 0 unspecified atom stereocenters. The standard InChI is InChI=1S/C28H49N3OS/c1-17(2)7-6-8-18(3)21-9-10-22-20(15-29)23(11-12-27(21,22)4)28(5)14-25-24(13-19(28)16-32)31-26(30)33-25/h17-23,32H,6-16,29H2,1-5H3,(H2,30,31)/t18-,19-,20+,21-,22+,23+,27-,28+/m1/s1. The van der Waals surface area contributed by atoms with Gasteiger partial charge in [0.15, 0.2) is 5.13 Å². The largest absolute Gasteiger partial charge is 0.396 e. The molecule has 5 heteroatoms. The first-order valence-electron chi connectivity index (χ1n) is 13.7. The molecule has 0 radical (unpaired) electrons. The number of nitrogens with two attached hydrogens (primary N) is 2. The minimum Gasteiger partial charge on any atom is -0.396 e. The van der Waals surface area contributed by atoms with Gasteiger partial charge in [-0.3, -0.25) is 0 Å². The van der Waals surface area contributed by atoms with E-state index in [0.29, 0.717) is 22.4 Å². The summed E-state index contributed by atoms with van der Waals surface area (Å²) in [7, 11) is 0. The van der Waals surface area contributed by atoms with Gasteiger partial charge in [-0.05, 0) is 97.3 Å². The fourth-order valence-electron chi connectivity index (χ4n) is 8.82. The highest BCUT2D eigenvalue weighted by Crippen LogP contribution is 2.64. The summed E-state index contributed by atoms with van der Waals surface area (Å²) in [5, 5.41) is 11.1. The summed E-state index contributed by atoms with van der Waals surface area (Å²) in [6.07, 6.45) is 11.3. The van der Waals surface area contributed by atoms with E-state index >= 15 is 0 Å². The van der Waals surface area contributed by atoms with Crippen molar-refractivity contribution in [3.8, 4) is 0 Å². The summed E-state index contributed by atoms with van der Waals surface area (Å²) in [5.41, 5.74) is 14.3. The first-order valence-corrected chi connectivity index (χ1v) is 14.5. The number of aliphatic hydroxyl groups excluding tert-OH is 1. The molecule has 0 spiro atoms. The molecule has 0 aliphatic heterocycles. The predicted octanol–water partition coefficient (Wildman–Crippen LogP) is 5.92. The Kier molecular flexibility index (Phi) is 7.54. The average molecular weight is 476 g/mol. The third kappa shape index (κ3) is 4.51. The van der Waals surface area contributed by atoms with Gasteiger partial charge in [0.05, 0.1) is 5.69 Å². The lowest BCUT2D eigenvalue weighted by Crippen LogP contribution is -2.54. The first kappa shape index (κ1) is 25.4. The van der Waals surface area contributed by atoms with E-state index < -0.39 is 0 Å². The van der Waals surface area contributed by atoms with Crippen molar-refractivity contribution >= 4 is 16.5 Å². The number of hydrogen-bond acceptors (Lipinski definition) is 5. The van der Waals surface area contributed by atoms with Gasteiger partial charge >= 0.3 is 0 Å². The summed E-state index contributed by atoms with van der Waals surface area (Å²) in [5.74, 6) is 4.57. The number of fused-ring (bicyclic) bond motifs is 2. The number of hydrogen-bond donors (Lipinski definition) is 3. The summed E-state index contributed by atoms with van der Waals surface area (Å²) in [6.45, 7) is 13.3. The van der Waals surface area contributed by atoms with E-state index in [0.717, 1.165) is 48.8 Å². The minimum absolute atomic E-state index is 0.0764. The van der Waals surface area contributed by atoms with Crippen molar-refractivity contribution in [2.75, 3.05) is 18.9 Å². The van der Waals surface area contributed by atoms with Crippen LogP contribution in [-0.4, -0.2) is 23.2 Å². The fraction of sp³-hybridized carbons (Fsp3) is 0.893. The molecule has 2 saturated carbocycles. The van der Waals surface area contributed by atoms with Gasteiger partial charge in [-0.25, -0.2) is 4.98 Å². The number of nitrogens with zero attached hydrogens (tertiary/aromatic N) is 1. The zero-order valence-corrected chi connectivity index (χ0v) is 22.6. The van der Waals surface area contributed by atoms with Crippen molar-refractivity contribution in [1.82, 2.24) is 4.98 Å². The second-order valence-electron chi connectivity index (χ2n) is 12.8. The molecule has 1 heterocycles. The molecule has 4 nitrogen and oxygen atoms in total. The summed E-state index contributed by atoms with van der Waals surface area (Å²) >= 11 is 1.66. The van der Waals surface area contributed by atoms with E-state index in [1.165, 1.54) is 49.8 Å². The van der Waals surface area contributed by atoms with Crippen LogP contribution < -0.4 is 11.5 Å². The number of nitrogen functional groups attached to an aromatic ring is 1. The van der Waals surface area contributed by atoms with Gasteiger partial charge in [0.25, 0.3) is 0 Å². The molecule has 1 aromatic heterocycles. The van der Waals surface area contributed by atoms with E-state index in [2.05, 4.69) is 39.6 Å².